The van der Waals surface area contributed by atoms with Crippen LogP contribution in [0.15, 0.2) is 24.3 Å². The zero-order chi connectivity index (χ0) is 11.6. The molecule has 0 aliphatic rings. The van der Waals surface area contributed by atoms with Crippen LogP contribution in [0.2, 0.25) is 0 Å². The molecule has 0 radical (unpaired) electrons. The van der Waals surface area contributed by atoms with Gasteiger partial charge in [-0.15, -0.1) is 0 Å². The Morgan fingerprint density at radius 1 is 1.19 bits per heavy atom. The van der Waals surface area contributed by atoms with Gasteiger partial charge in [0.15, 0.2) is 0 Å². The first-order valence-electron chi connectivity index (χ1n) is 5.42. The fraction of sp³-hybridized carbons (Fsp3) is 0.500. The van der Waals surface area contributed by atoms with E-state index < -0.39 is 0 Å². The van der Waals surface area contributed by atoms with E-state index in [0.717, 1.165) is 17.9 Å². The number of ether oxygens (including phenoxy) is 2. The summed E-state index contributed by atoms with van der Waals surface area (Å²) >= 11 is 0. The van der Waals surface area contributed by atoms with Crippen LogP contribution in [0.25, 0.3) is 0 Å². The standard InChI is InChI=1S/C12H19NO3/c1-13-10-11-4-2-3-5-12(11)16-9-8-15-7-6-14/h2-5,13-14H,6-10H2,1H3. The number of hydrogen-bond acceptors (Lipinski definition) is 4. The van der Waals surface area contributed by atoms with Crippen LogP contribution in [0.4, 0.5) is 0 Å². The molecule has 0 heterocycles. The third-order valence-corrected chi connectivity index (χ3v) is 2.06. The summed E-state index contributed by atoms with van der Waals surface area (Å²) in [6.07, 6.45) is 0. The van der Waals surface area contributed by atoms with Crippen LogP contribution in [0, 0.1) is 0 Å². The van der Waals surface area contributed by atoms with E-state index in [-0.39, 0.29) is 6.61 Å². The van der Waals surface area contributed by atoms with Crippen molar-refractivity contribution in [1.29, 1.82) is 0 Å². The molecule has 90 valence electrons. The van der Waals surface area contributed by atoms with Crippen LogP contribution < -0.4 is 10.1 Å². The van der Waals surface area contributed by atoms with Gasteiger partial charge >= 0.3 is 0 Å². The first-order chi connectivity index (χ1) is 7.88. The molecule has 0 atom stereocenters. The summed E-state index contributed by atoms with van der Waals surface area (Å²) in [5, 5.41) is 11.6. The number of nitrogens with one attached hydrogen (secondary N) is 1. The van der Waals surface area contributed by atoms with E-state index in [1.54, 1.807) is 0 Å². The summed E-state index contributed by atoms with van der Waals surface area (Å²) in [6, 6.07) is 7.91. The highest BCUT2D eigenvalue weighted by Gasteiger charge is 2.01. The molecule has 0 aromatic heterocycles. The maximum absolute atomic E-state index is 8.52. The molecule has 0 spiro atoms. The Hall–Kier alpha value is -1.10. The van der Waals surface area contributed by atoms with E-state index in [4.69, 9.17) is 14.6 Å². The van der Waals surface area contributed by atoms with Crippen LogP contribution in [0.3, 0.4) is 0 Å². The van der Waals surface area contributed by atoms with Crippen molar-refractivity contribution in [3.8, 4) is 5.75 Å². The normalized spacial score (nSPS) is 10.4. The maximum atomic E-state index is 8.52. The highest BCUT2D eigenvalue weighted by atomic mass is 16.5. The van der Waals surface area contributed by atoms with Gasteiger partial charge in [0.25, 0.3) is 0 Å². The molecule has 0 aliphatic carbocycles. The molecule has 0 bridgehead atoms. The Balaban J connectivity index is 2.34. The van der Waals surface area contributed by atoms with Crippen LogP contribution in [0.1, 0.15) is 5.56 Å². The lowest BCUT2D eigenvalue weighted by atomic mass is 10.2. The lowest BCUT2D eigenvalue weighted by Gasteiger charge is -2.11. The molecular formula is C12H19NO3. The number of aliphatic hydroxyl groups is 1. The molecule has 0 saturated heterocycles. The van der Waals surface area contributed by atoms with Gasteiger partial charge in [0, 0.05) is 12.1 Å². The van der Waals surface area contributed by atoms with Gasteiger partial charge in [0.2, 0.25) is 0 Å². The maximum Gasteiger partial charge on any atom is 0.123 e. The summed E-state index contributed by atoms with van der Waals surface area (Å²) in [5.41, 5.74) is 1.13. The Morgan fingerprint density at radius 3 is 2.75 bits per heavy atom. The molecule has 1 aromatic rings. The zero-order valence-electron chi connectivity index (χ0n) is 9.61. The summed E-state index contributed by atoms with van der Waals surface area (Å²) in [7, 11) is 1.90. The third-order valence-electron chi connectivity index (χ3n) is 2.06. The minimum atomic E-state index is 0.0519. The Labute approximate surface area is 96.2 Å². The highest BCUT2D eigenvalue weighted by molar-refractivity contribution is 5.33. The molecule has 4 heteroatoms. The second-order valence-corrected chi connectivity index (χ2v) is 3.32. The van der Waals surface area contributed by atoms with Crippen LogP contribution in [0.5, 0.6) is 5.75 Å². The zero-order valence-corrected chi connectivity index (χ0v) is 9.61. The molecule has 0 saturated carbocycles. The SMILES string of the molecule is CNCc1ccccc1OCCOCCO. The van der Waals surface area contributed by atoms with Gasteiger partial charge in [-0.3, -0.25) is 0 Å². The molecule has 0 fully saturated rings. The second-order valence-electron chi connectivity index (χ2n) is 3.32. The third kappa shape index (κ3) is 4.61. The van der Waals surface area contributed by atoms with Gasteiger partial charge < -0.3 is 19.9 Å². The van der Waals surface area contributed by atoms with Crippen molar-refractivity contribution >= 4 is 0 Å². The van der Waals surface area contributed by atoms with E-state index in [1.165, 1.54) is 0 Å². The van der Waals surface area contributed by atoms with E-state index in [0.29, 0.717) is 19.8 Å². The second kappa shape index (κ2) is 8.10. The van der Waals surface area contributed by atoms with Crippen molar-refractivity contribution < 1.29 is 14.6 Å². The van der Waals surface area contributed by atoms with Crippen molar-refractivity contribution in [2.24, 2.45) is 0 Å². The van der Waals surface area contributed by atoms with Crippen molar-refractivity contribution in [1.82, 2.24) is 5.32 Å². The fourth-order valence-corrected chi connectivity index (χ4v) is 1.36. The fourth-order valence-electron chi connectivity index (χ4n) is 1.36. The van der Waals surface area contributed by atoms with Gasteiger partial charge in [0.1, 0.15) is 12.4 Å². The highest BCUT2D eigenvalue weighted by Crippen LogP contribution is 2.17. The van der Waals surface area contributed by atoms with Gasteiger partial charge in [-0.2, -0.15) is 0 Å². The molecule has 0 unspecified atom stereocenters. The molecule has 1 rings (SSSR count). The lowest BCUT2D eigenvalue weighted by molar-refractivity contribution is 0.0703. The number of benzene rings is 1. The average molecular weight is 225 g/mol. The Kier molecular flexibility index (Phi) is 6.56. The van der Waals surface area contributed by atoms with Crippen molar-refractivity contribution in [2.45, 2.75) is 6.54 Å². The molecule has 1 aromatic carbocycles. The van der Waals surface area contributed by atoms with Gasteiger partial charge in [-0.05, 0) is 13.1 Å². The van der Waals surface area contributed by atoms with E-state index in [2.05, 4.69) is 5.32 Å². The predicted molar refractivity (Wildman–Crippen MR) is 62.6 cm³/mol. The van der Waals surface area contributed by atoms with E-state index in [9.17, 15) is 0 Å². The largest absolute Gasteiger partial charge is 0.491 e. The monoisotopic (exact) mass is 225 g/mol. The molecule has 4 nitrogen and oxygen atoms in total. The smallest absolute Gasteiger partial charge is 0.123 e. The lowest BCUT2D eigenvalue weighted by Crippen LogP contribution is -2.11. The van der Waals surface area contributed by atoms with Crippen LogP contribution >= 0.6 is 0 Å². The number of aliphatic hydroxyl groups excluding tert-OH is 1. The topological polar surface area (TPSA) is 50.7 Å². The molecular weight excluding hydrogens is 206 g/mol. The molecule has 0 amide bonds. The summed E-state index contributed by atoms with van der Waals surface area (Å²) in [4.78, 5) is 0. The first-order valence-corrected chi connectivity index (χ1v) is 5.42. The van der Waals surface area contributed by atoms with Gasteiger partial charge in [-0.1, -0.05) is 18.2 Å². The minimum absolute atomic E-state index is 0.0519. The minimum Gasteiger partial charge on any atom is -0.491 e. The van der Waals surface area contributed by atoms with Crippen molar-refractivity contribution in [3.63, 3.8) is 0 Å². The Morgan fingerprint density at radius 2 is 2.00 bits per heavy atom. The quantitative estimate of drug-likeness (QED) is 0.642. The van der Waals surface area contributed by atoms with Gasteiger partial charge in [0.05, 0.1) is 19.8 Å². The first kappa shape index (κ1) is 13.0. The van der Waals surface area contributed by atoms with E-state index in [1.807, 2.05) is 31.3 Å². The van der Waals surface area contributed by atoms with Crippen LogP contribution in [-0.2, 0) is 11.3 Å². The summed E-state index contributed by atoms with van der Waals surface area (Å²) < 4.78 is 10.7. The van der Waals surface area contributed by atoms with E-state index >= 15 is 0 Å². The van der Waals surface area contributed by atoms with Crippen molar-refractivity contribution in [3.05, 3.63) is 29.8 Å². The molecule has 0 aliphatic heterocycles. The van der Waals surface area contributed by atoms with Crippen molar-refractivity contribution in [2.75, 3.05) is 33.5 Å². The van der Waals surface area contributed by atoms with Gasteiger partial charge in [-0.25, -0.2) is 0 Å². The number of rotatable bonds is 8. The summed E-state index contributed by atoms with van der Waals surface area (Å²) in [6.45, 7) is 2.20. The molecule has 2 N–H and O–H groups in total. The summed E-state index contributed by atoms with van der Waals surface area (Å²) in [5.74, 6) is 0.879. The van der Waals surface area contributed by atoms with Crippen LogP contribution in [-0.4, -0.2) is 38.6 Å². The average Bonchev–Trinajstić information content (AvgIpc) is 2.31. The number of hydrogen-bond donors (Lipinski definition) is 2. The Bertz CT molecular complexity index is 291. The number of para-hydroxylation sites is 1. The molecule has 16 heavy (non-hydrogen) atoms. The predicted octanol–water partition coefficient (Wildman–Crippen LogP) is 0.794.